The Balaban J connectivity index is 1.25. The van der Waals surface area contributed by atoms with Gasteiger partial charge < -0.3 is 30.4 Å². The topological polar surface area (TPSA) is 141 Å². The van der Waals surface area contributed by atoms with Crippen molar-refractivity contribution in [3.8, 4) is 5.75 Å². The molecule has 37 heavy (non-hydrogen) atoms. The van der Waals surface area contributed by atoms with Crippen LogP contribution in [0, 0.1) is 23.7 Å². The Kier molecular flexibility index (Phi) is 5.94. The van der Waals surface area contributed by atoms with Gasteiger partial charge in [0.25, 0.3) is 5.91 Å². The van der Waals surface area contributed by atoms with Crippen LogP contribution in [0.15, 0.2) is 24.3 Å². The van der Waals surface area contributed by atoms with Crippen LogP contribution in [0.5, 0.6) is 5.75 Å². The fourth-order valence-electron chi connectivity index (χ4n) is 6.91. The average Bonchev–Trinajstić information content (AvgIpc) is 3.26. The normalized spacial score (nSPS) is 30.5. The number of methoxy groups -OCH3 is 1. The van der Waals surface area contributed by atoms with Gasteiger partial charge in [0.2, 0.25) is 11.8 Å². The van der Waals surface area contributed by atoms with Crippen molar-refractivity contribution in [2.75, 3.05) is 20.3 Å². The van der Waals surface area contributed by atoms with Crippen LogP contribution >= 0.6 is 0 Å². The van der Waals surface area contributed by atoms with Gasteiger partial charge in [-0.2, -0.15) is 0 Å². The number of hydrogen-bond acceptors (Lipinski definition) is 6. The molecule has 1 aromatic heterocycles. The maximum Gasteiger partial charge on any atom is 0.271 e. The van der Waals surface area contributed by atoms with Gasteiger partial charge in [0, 0.05) is 29.4 Å². The van der Waals surface area contributed by atoms with Gasteiger partial charge in [0.05, 0.1) is 13.2 Å². The van der Waals surface area contributed by atoms with Gasteiger partial charge in [-0.15, -0.1) is 0 Å². The molecule has 1 aromatic carbocycles. The molecule has 2 saturated carbocycles. The Labute approximate surface area is 214 Å². The molecule has 2 aliphatic heterocycles. The van der Waals surface area contributed by atoms with Gasteiger partial charge in [-0.3, -0.25) is 19.2 Å². The lowest BCUT2D eigenvalue weighted by atomic mass is 9.91. The molecule has 4 aliphatic rings. The molecule has 3 amide bonds. The zero-order valence-electron chi connectivity index (χ0n) is 20.7. The average molecular weight is 509 g/mol. The minimum atomic E-state index is -0.970. The molecule has 10 nitrogen and oxygen atoms in total. The summed E-state index contributed by atoms with van der Waals surface area (Å²) in [5.41, 5.74) is 1.15. The van der Waals surface area contributed by atoms with Crippen molar-refractivity contribution in [2.24, 2.45) is 23.7 Å². The molecule has 2 saturated heterocycles. The van der Waals surface area contributed by atoms with E-state index >= 15 is 0 Å². The number of aromatic amines is 1. The number of nitrogens with zero attached hydrogens (tertiary/aromatic N) is 1. The number of fused-ring (bicyclic) bond motifs is 3. The lowest BCUT2D eigenvalue weighted by Gasteiger charge is -2.29. The van der Waals surface area contributed by atoms with E-state index in [0.29, 0.717) is 18.0 Å². The third-order valence-corrected chi connectivity index (χ3v) is 8.87. The number of ether oxygens (including phenoxy) is 1. The molecule has 3 heterocycles. The second-order valence-electron chi connectivity index (χ2n) is 10.9. The number of rotatable bonds is 8. The van der Waals surface area contributed by atoms with Crippen LogP contribution in [0.4, 0.5) is 0 Å². The quantitative estimate of drug-likeness (QED) is 0.419. The fraction of sp³-hybridized carbons (Fsp3) is 0.556. The number of amides is 3. The third kappa shape index (κ3) is 4.07. The van der Waals surface area contributed by atoms with Gasteiger partial charge >= 0.3 is 0 Å². The predicted molar refractivity (Wildman–Crippen MR) is 133 cm³/mol. The molecule has 0 unspecified atom stereocenters. The largest absolute Gasteiger partial charge is 0.496 e. The first kappa shape index (κ1) is 24.0. The number of hydrogen-bond donors (Lipinski definition) is 4. The highest BCUT2D eigenvalue weighted by molar-refractivity contribution is 6.02. The van der Waals surface area contributed by atoms with Crippen molar-refractivity contribution >= 4 is 34.4 Å². The number of benzene rings is 1. The van der Waals surface area contributed by atoms with Crippen molar-refractivity contribution in [1.29, 1.82) is 0 Å². The first-order valence-corrected chi connectivity index (χ1v) is 13.1. The van der Waals surface area contributed by atoms with Crippen molar-refractivity contribution in [3.05, 3.63) is 30.0 Å². The van der Waals surface area contributed by atoms with Crippen LogP contribution in [0.25, 0.3) is 10.9 Å². The van der Waals surface area contributed by atoms with Crippen LogP contribution in [-0.2, 0) is 14.4 Å². The van der Waals surface area contributed by atoms with Crippen LogP contribution in [0.2, 0.25) is 0 Å². The standard InChI is InChI=1S/C27H32N4O6/c1-37-23-7-3-6-18-17(23)10-21(28-18)27(36)31-11-13-4-2-5-14(13)24(31)26(35)30-20(22(33)12-32)9-16-15-8-19(15)29-25(16)34/h3,6-7,10,13-16,19-20,24,28,32H,2,4-5,8-9,11-12H2,1H3,(H,29,34)(H,30,35)/t13-,14-,15+,16+,19+,20-,24-/m0/s1. The maximum absolute atomic E-state index is 13.7. The number of likely N-dealkylation sites (tertiary alicyclic amines) is 1. The second kappa shape index (κ2) is 9.16. The third-order valence-electron chi connectivity index (χ3n) is 8.87. The highest BCUT2D eigenvalue weighted by Gasteiger charge is 2.54. The molecule has 4 fully saturated rings. The minimum Gasteiger partial charge on any atom is -0.496 e. The molecule has 0 bridgehead atoms. The number of H-pyrrole nitrogens is 1. The molecule has 7 atom stereocenters. The van der Waals surface area contributed by atoms with E-state index in [1.54, 1.807) is 18.1 Å². The van der Waals surface area contributed by atoms with Gasteiger partial charge in [-0.05, 0) is 61.6 Å². The number of carbonyl (C=O) groups excluding carboxylic acids is 4. The molecule has 196 valence electrons. The van der Waals surface area contributed by atoms with Crippen molar-refractivity contribution < 1.29 is 29.0 Å². The summed E-state index contributed by atoms with van der Waals surface area (Å²) in [6.45, 7) is -0.245. The highest BCUT2D eigenvalue weighted by atomic mass is 16.5. The van der Waals surface area contributed by atoms with Crippen molar-refractivity contribution in [3.63, 3.8) is 0 Å². The summed E-state index contributed by atoms with van der Waals surface area (Å²) >= 11 is 0. The lowest BCUT2D eigenvalue weighted by molar-refractivity contribution is -0.133. The highest BCUT2D eigenvalue weighted by Crippen LogP contribution is 2.45. The number of carbonyl (C=O) groups is 4. The number of ketones is 1. The Morgan fingerprint density at radius 1 is 1.24 bits per heavy atom. The van der Waals surface area contributed by atoms with Crippen molar-refractivity contribution in [2.45, 2.75) is 50.2 Å². The Bertz CT molecular complexity index is 1270. The molecule has 2 aromatic rings. The van der Waals surface area contributed by atoms with Crippen LogP contribution in [0.3, 0.4) is 0 Å². The SMILES string of the molecule is COc1cccc2[nH]c(C(=O)N3C[C@@H]4CCC[C@@H]4[C@H]3C(=O)N[C@@H](C[C@H]3C(=O)N[C@@H]4C[C@@H]43)C(=O)CO)cc12. The summed E-state index contributed by atoms with van der Waals surface area (Å²) in [7, 11) is 1.58. The van der Waals surface area contributed by atoms with Gasteiger partial charge in [-0.25, -0.2) is 0 Å². The van der Waals surface area contributed by atoms with Gasteiger partial charge in [-0.1, -0.05) is 12.5 Å². The Morgan fingerprint density at radius 3 is 2.81 bits per heavy atom. The van der Waals surface area contributed by atoms with E-state index in [9.17, 15) is 24.3 Å². The van der Waals surface area contributed by atoms with E-state index in [0.717, 1.165) is 36.6 Å². The summed E-state index contributed by atoms with van der Waals surface area (Å²) in [6.07, 6.45) is 3.82. The van der Waals surface area contributed by atoms with E-state index < -0.39 is 30.4 Å². The first-order valence-electron chi connectivity index (χ1n) is 13.1. The predicted octanol–water partition coefficient (Wildman–Crippen LogP) is 0.988. The number of piperidine rings is 1. The number of aromatic nitrogens is 1. The molecule has 10 heteroatoms. The fourth-order valence-corrected chi connectivity index (χ4v) is 6.91. The number of aliphatic hydroxyl groups excluding tert-OH is 1. The number of nitrogens with one attached hydrogen (secondary N) is 3. The summed E-state index contributed by atoms with van der Waals surface area (Å²) in [5.74, 6) is -0.578. The molecule has 4 N–H and O–H groups in total. The smallest absolute Gasteiger partial charge is 0.271 e. The molecule has 0 spiro atoms. The van der Waals surface area contributed by atoms with Gasteiger partial charge in [0.15, 0.2) is 5.78 Å². The zero-order chi connectivity index (χ0) is 25.8. The Morgan fingerprint density at radius 2 is 2.08 bits per heavy atom. The molecular weight excluding hydrogens is 476 g/mol. The summed E-state index contributed by atoms with van der Waals surface area (Å²) < 4.78 is 5.43. The van der Waals surface area contributed by atoms with E-state index in [-0.39, 0.29) is 47.9 Å². The van der Waals surface area contributed by atoms with Gasteiger partial charge in [0.1, 0.15) is 24.1 Å². The maximum atomic E-state index is 13.7. The first-order chi connectivity index (χ1) is 17.9. The van der Waals surface area contributed by atoms with E-state index in [1.807, 2.05) is 18.2 Å². The molecule has 6 rings (SSSR count). The zero-order valence-corrected chi connectivity index (χ0v) is 20.7. The van der Waals surface area contributed by atoms with E-state index in [1.165, 1.54) is 0 Å². The monoisotopic (exact) mass is 508 g/mol. The minimum absolute atomic E-state index is 0.00957. The molecular formula is C27H32N4O6. The molecule has 2 aliphatic carbocycles. The Hall–Kier alpha value is -3.40. The van der Waals surface area contributed by atoms with Crippen LogP contribution in [-0.4, -0.2) is 76.9 Å². The summed E-state index contributed by atoms with van der Waals surface area (Å²) in [6, 6.07) is 5.77. The van der Waals surface area contributed by atoms with E-state index in [4.69, 9.17) is 4.74 Å². The van der Waals surface area contributed by atoms with Crippen LogP contribution in [0.1, 0.15) is 42.6 Å². The number of aliphatic hydroxyl groups is 1. The summed E-state index contributed by atoms with van der Waals surface area (Å²) in [5, 5.41) is 16.1. The van der Waals surface area contributed by atoms with Crippen LogP contribution < -0.4 is 15.4 Å². The van der Waals surface area contributed by atoms with Crippen molar-refractivity contribution in [1.82, 2.24) is 20.5 Å². The molecule has 0 radical (unpaired) electrons. The second-order valence-corrected chi connectivity index (χ2v) is 10.9. The van der Waals surface area contributed by atoms with E-state index in [2.05, 4.69) is 15.6 Å². The lowest BCUT2D eigenvalue weighted by Crippen LogP contribution is -2.53. The summed E-state index contributed by atoms with van der Waals surface area (Å²) in [4.78, 5) is 57.1. The number of Topliss-reactive ketones (excluding diaryl/α,β-unsaturated/α-hetero) is 1.